The van der Waals surface area contributed by atoms with E-state index >= 15 is 0 Å². The van der Waals surface area contributed by atoms with Crippen LogP contribution in [0.15, 0.2) is 24.3 Å². The predicted octanol–water partition coefficient (Wildman–Crippen LogP) is 0.511. The molecule has 6 nitrogen and oxygen atoms in total. The van der Waals surface area contributed by atoms with E-state index in [1.54, 1.807) is 0 Å². The number of nitrogens with two attached hydrogens (primary N) is 1. The number of primary amides is 1. The first-order valence-corrected chi connectivity index (χ1v) is 6.04. The number of benzene rings is 1. The molecule has 1 rings (SSSR count). The molecule has 0 unspecified atom stereocenters. The molecular formula is C14H15N3O3. The first-order chi connectivity index (χ1) is 9.43. The SMILES string of the molecule is CC(=O)CC[C@H](NC(=O)c1ccc(C#N)cc1)C(N)=O. The molecule has 1 aromatic carbocycles. The van der Waals surface area contributed by atoms with Crippen LogP contribution in [-0.2, 0) is 9.59 Å². The molecule has 3 N–H and O–H groups in total. The summed E-state index contributed by atoms with van der Waals surface area (Å²) < 4.78 is 0. The lowest BCUT2D eigenvalue weighted by atomic mass is 10.1. The van der Waals surface area contributed by atoms with Gasteiger partial charge in [0.2, 0.25) is 5.91 Å². The van der Waals surface area contributed by atoms with Crippen molar-refractivity contribution in [3.8, 4) is 6.07 Å². The van der Waals surface area contributed by atoms with Crippen molar-refractivity contribution >= 4 is 17.6 Å². The molecule has 0 radical (unpaired) electrons. The summed E-state index contributed by atoms with van der Waals surface area (Å²) in [6.07, 6.45) is 0.341. The molecule has 0 saturated carbocycles. The van der Waals surface area contributed by atoms with Gasteiger partial charge in [0.15, 0.2) is 0 Å². The number of carbonyl (C=O) groups is 3. The Bertz CT molecular complexity index is 558. The van der Waals surface area contributed by atoms with Crippen molar-refractivity contribution in [2.75, 3.05) is 0 Å². The van der Waals surface area contributed by atoms with E-state index in [-0.39, 0.29) is 18.6 Å². The van der Waals surface area contributed by atoms with E-state index < -0.39 is 17.9 Å². The minimum absolute atomic E-state index is 0.0797. The summed E-state index contributed by atoms with van der Waals surface area (Å²) in [5, 5.41) is 11.1. The monoisotopic (exact) mass is 273 g/mol. The van der Waals surface area contributed by atoms with Crippen molar-refractivity contribution in [3.05, 3.63) is 35.4 Å². The van der Waals surface area contributed by atoms with Crippen molar-refractivity contribution in [1.29, 1.82) is 5.26 Å². The van der Waals surface area contributed by atoms with E-state index in [0.29, 0.717) is 11.1 Å². The Kier molecular flexibility index (Phi) is 5.42. The van der Waals surface area contributed by atoms with Crippen LogP contribution < -0.4 is 11.1 Å². The third-order valence-corrected chi connectivity index (χ3v) is 2.71. The second-order valence-corrected chi connectivity index (χ2v) is 4.36. The highest BCUT2D eigenvalue weighted by atomic mass is 16.2. The first-order valence-electron chi connectivity index (χ1n) is 6.04. The molecule has 20 heavy (non-hydrogen) atoms. The van der Waals surface area contributed by atoms with Crippen molar-refractivity contribution in [3.63, 3.8) is 0 Å². The molecule has 0 heterocycles. The van der Waals surface area contributed by atoms with Gasteiger partial charge in [-0.2, -0.15) is 5.26 Å². The highest BCUT2D eigenvalue weighted by Crippen LogP contribution is 2.05. The molecule has 1 atom stereocenters. The standard InChI is InChI=1S/C14H15N3O3/c1-9(18)2-7-12(13(16)19)17-14(20)11-5-3-10(8-15)4-6-11/h3-6,12H,2,7H2,1H3,(H2,16,19)(H,17,20)/t12-/m0/s1. The number of ketones is 1. The normalized spacial score (nSPS) is 11.2. The highest BCUT2D eigenvalue weighted by molar-refractivity contribution is 5.97. The number of nitrogens with one attached hydrogen (secondary N) is 1. The molecule has 6 heteroatoms. The van der Waals surface area contributed by atoms with Crippen molar-refractivity contribution in [2.45, 2.75) is 25.8 Å². The van der Waals surface area contributed by atoms with Gasteiger partial charge in [-0.3, -0.25) is 9.59 Å². The van der Waals surface area contributed by atoms with E-state index in [9.17, 15) is 14.4 Å². The van der Waals surface area contributed by atoms with Gasteiger partial charge < -0.3 is 15.8 Å². The molecule has 2 amide bonds. The topological polar surface area (TPSA) is 113 Å². The summed E-state index contributed by atoms with van der Waals surface area (Å²) in [6.45, 7) is 1.40. The Hall–Kier alpha value is -2.68. The van der Waals surface area contributed by atoms with Crippen LogP contribution in [0.1, 0.15) is 35.7 Å². The maximum absolute atomic E-state index is 11.9. The first kappa shape index (κ1) is 15.4. The fourth-order valence-corrected chi connectivity index (χ4v) is 1.57. The number of rotatable bonds is 6. The Labute approximate surface area is 116 Å². The summed E-state index contributed by atoms with van der Waals surface area (Å²) >= 11 is 0. The zero-order valence-electron chi connectivity index (χ0n) is 11.1. The van der Waals surface area contributed by atoms with E-state index in [1.165, 1.54) is 31.2 Å². The van der Waals surface area contributed by atoms with Gasteiger partial charge in [-0.1, -0.05) is 0 Å². The van der Waals surface area contributed by atoms with Gasteiger partial charge in [0.05, 0.1) is 11.6 Å². The summed E-state index contributed by atoms with van der Waals surface area (Å²) in [5.74, 6) is -1.24. The number of carbonyl (C=O) groups excluding carboxylic acids is 3. The largest absolute Gasteiger partial charge is 0.368 e. The number of hydrogen-bond acceptors (Lipinski definition) is 4. The van der Waals surface area contributed by atoms with Crippen molar-refractivity contribution in [2.24, 2.45) is 5.73 Å². The van der Waals surface area contributed by atoms with Gasteiger partial charge in [0, 0.05) is 12.0 Å². The van der Waals surface area contributed by atoms with Gasteiger partial charge in [-0.15, -0.1) is 0 Å². The average molecular weight is 273 g/mol. The third kappa shape index (κ3) is 4.53. The summed E-state index contributed by atoms with van der Waals surface area (Å²) in [5.41, 5.74) is 5.94. The lowest BCUT2D eigenvalue weighted by Crippen LogP contribution is -2.44. The van der Waals surface area contributed by atoms with Crippen LogP contribution in [0.3, 0.4) is 0 Å². The minimum atomic E-state index is -0.887. The number of amides is 2. The Balaban J connectivity index is 2.72. The molecule has 0 aliphatic rings. The second kappa shape index (κ2) is 7.04. The Morgan fingerprint density at radius 1 is 1.30 bits per heavy atom. The molecule has 0 aromatic heterocycles. The summed E-state index contributed by atoms with van der Waals surface area (Å²) in [6, 6.07) is 7.03. The number of nitriles is 1. The van der Waals surface area contributed by atoms with Crippen LogP contribution in [0.5, 0.6) is 0 Å². The smallest absolute Gasteiger partial charge is 0.251 e. The van der Waals surface area contributed by atoms with Gasteiger partial charge >= 0.3 is 0 Å². The van der Waals surface area contributed by atoms with Gasteiger partial charge in [0.25, 0.3) is 5.91 Å². The molecule has 0 spiro atoms. The Morgan fingerprint density at radius 3 is 2.35 bits per heavy atom. The lowest BCUT2D eigenvalue weighted by Gasteiger charge is -2.14. The zero-order valence-corrected chi connectivity index (χ0v) is 11.1. The van der Waals surface area contributed by atoms with Gasteiger partial charge in [0.1, 0.15) is 11.8 Å². The van der Waals surface area contributed by atoms with Crippen LogP contribution in [0.25, 0.3) is 0 Å². The maximum Gasteiger partial charge on any atom is 0.251 e. The molecule has 0 saturated heterocycles. The third-order valence-electron chi connectivity index (χ3n) is 2.71. The minimum Gasteiger partial charge on any atom is -0.368 e. The second-order valence-electron chi connectivity index (χ2n) is 4.36. The van der Waals surface area contributed by atoms with Crippen LogP contribution in [0.4, 0.5) is 0 Å². The lowest BCUT2D eigenvalue weighted by molar-refractivity contribution is -0.120. The van der Waals surface area contributed by atoms with E-state index in [2.05, 4.69) is 5.32 Å². The Morgan fingerprint density at radius 2 is 1.90 bits per heavy atom. The van der Waals surface area contributed by atoms with E-state index in [4.69, 9.17) is 11.0 Å². The number of Topliss-reactive ketones (excluding diaryl/α,β-unsaturated/α-hetero) is 1. The fourth-order valence-electron chi connectivity index (χ4n) is 1.57. The van der Waals surface area contributed by atoms with E-state index in [1.807, 2.05) is 6.07 Å². The molecule has 0 aliphatic heterocycles. The number of hydrogen-bond donors (Lipinski definition) is 2. The zero-order chi connectivity index (χ0) is 15.1. The quantitative estimate of drug-likeness (QED) is 0.786. The fraction of sp³-hybridized carbons (Fsp3) is 0.286. The molecule has 0 aliphatic carbocycles. The van der Waals surface area contributed by atoms with Gasteiger partial charge in [-0.25, -0.2) is 0 Å². The van der Waals surface area contributed by atoms with Crippen LogP contribution in [0, 0.1) is 11.3 Å². The van der Waals surface area contributed by atoms with Crippen molar-refractivity contribution in [1.82, 2.24) is 5.32 Å². The molecule has 1 aromatic rings. The van der Waals surface area contributed by atoms with Gasteiger partial charge in [-0.05, 0) is 37.6 Å². The highest BCUT2D eigenvalue weighted by Gasteiger charge is 2.19. The molecular weight excluding hydrogens is 258 g/mol. The molecule has 0 fully saturated rings. The molecule has 0 bridgehead atoms. The summed E-state index contributed by atoms with van der Waals surface area (Å²) in [7, 11) is 0. The molecule has 104 valence electrons. The van der Waals surface area contributed by atoms with Crippen LogP contribution in [0.2, 0.25) is 0 Å². The predicted molar refractivity (Wildman–Crippen MR) is 71.5 cm³/mol. The van der Waals surface area contributed by atoms with Crippen molar-refractivity contribution < 1.29 is 14.4 Å². The van der Waals surface area contributed by atoms with E-state index in [0.717, 1.165) is 0 Å². The maximum atomic E-state index is 11.9. The summed E-state index contributed by atoms with van der Waals surface area (Å²) in [4.78, 5) is 34.1. The van der Waals surface area contributed by atoms with Crippen LogP contribution in [-0.4, -0.2) is 23.6 Å². The number of nitrogens with zero attached hydrogens (tertiary/aromatic N) is 1. The van der Waals surface area contributed by atoms with Crippen LogP contribution >= 0.6 is 0 Å². The average Bonchev–Trinajstić information content (AvgIpc) is 2.42.